The third-order valence-electron chi connectivity index (χ3n) is 3.27. The third-order valence-corrected chi connectivity index (χ3v) is 3.27. The number of hydrogen-bond donors (Lipinski definition) is 2. The van der Waals surface area contributed by atoms with Crippen LogP contribution in [0.2, 0.25) is 0 Å². The van der Waals surface area contributed by atoms with Gasteiger partial charge in [-0.25, -0.2) is 9.66 Å². The summed E-state index contributed by atoms with van der Waals surface area (Å²) >= 11 is 0. The Kier molecular flexibility index (Phi) is 3.04. The molecule has 0 aliphatic carbocycles. The van der Waals surface area contributed by atoms with Crippen LogP contribution in [0.5, 0.6) is 0 Å². The Morgan fingerprint density at radius 1 is 1.16 bits per heavy atom. The van der Waals surface area contributed by atoms with Crippen molar-refractivity contribution >= 4 is 5.82 Å². The summed E-state index contributed by atoms with van der Waals surface area (Å²) in [6.45, 7) is 10.3. The number of rotatable bonds is 1. The van der Waals surface area contributed by atoms with Gasteiger partial charge in [0.1, 0.15) is 11.5 Å². The van der Waals surface area contributed by atoms with Gasteiger partial charge in [-0.05, 0) is 25.5 Å². The van der Waals surface area contributed by atoms with Crippen molar-refractivity contribution in [3.05, 3.63) is 35.2 Å². The summed E-state index contributed by atoms with van der Waals surface area (Å²) in [4.78, 5) is 4.67. The van der Waals surface area contributed by atoms with E-state index >= 15 is 0 Å². The summed E-state index contributed by atoms with van der Waals surface area (Å²) in [5.74, 6) is 7.35. The van der Waals surface area contributed by atoms with Crippen LogP contribution in [0.4, 0.5) is 5.82 Å². The van der Waals surface area contributed by atoms with E-state index in [1.54, 1.807) is 0 Å². The first-order valence-corrected chi connectivity index (χ1v) is 6.43. The molecule has 0 radical (unpaired) electrons. The van der Waals surface area contributed by atoms with Crippen LogP contribution in [0.1, 0.15) is 37.7 Å². The Balaban J connectivity index is 2.67. The van der Waals surface area contributed by atoms with Gasteiger partial charge in [-0.3, -0.25) is 0 Å². The number of anilines is 1. The lowest BCUT2D eigenvalue weighted by molar-refractivity contribution is 0.532. The van der Waals surface area contributed by atoms with Gasteiger partial charge in [0.2, 0.25) is 0 Å². The second kappa shape index (κ2) is 4.30. The first kappa shape index (κ1) is 13.5. The van der Waals surface area contributed by atoms with Crippen LogP contribution in [0.15, 0.2) is 18.2 Å². The van der Waals surface area contributed by atoms with Gasteiger partial charge in [0.15, 0.2) is 5.82 Å². The highest BCUT2D eigenvalue weighted by Crippen LogP contribution is 2.32. The van der Waals surface area contributed by atoms with E-state index in [-0.39, 0.29) is 5.41 Å². The minimum atomic E-state index is -0.140. The summed E-state index contributed by atoms with van der Waals surface area (Å²) in [6.07, 6.45) is 0. The monoisotopic (exact) mass is 258 g/mol. The van der Waals surface area contributed by atoms with E-state index in [4.69, 9.17) is 11.6 Å². The van der Waals surface area contributed by atoms with Crippen LogP contribution >= 0.6 is 0 Å². The quantitative estimate of drug-likeness (QED) is 0.773. The van der Waals surface area contributed by atoms with Crippen molar-refractivity contribution < 1.29 is 0 Å². The number of hydrogen-bond acceptors (Lipinski definition) is 3. The molecular formula is C15H22N4. The van der Waals surface area contributed by atoms with Gasteiger partial charge >= 0.3 is 0 Å². The number of nitrogens with two attached hydrogens (primary N) is 2. The van der Waals surface area contributed by atoms with Crippen molar-refractivity contribution in [1.82, 2.24) is 9.66 Å². The van der Waals surface area contributed by atoms with Crippen molar-refractivity contribution in [3.8, 4) is 11.3 Å². The molecule has 2 rings (SSSR count). The molecule has 19 heavy (non-hydrogen) atoms. The molecule has 0 aliphatic rings. The molecule has 2 aromatic rings. The second-order valence-corrected chi connectivity index (χ2v) is 6.11. The Morgan fingerprint density at radius 3 is 2.32 bits per heavy atom. The number of imidazole rings is 1. The molecule has 0 atom stereocenters. The molecule has 0 unspecified atom stereocenters. The summed E-state index contributed by atoms with van der Waals surface area (Å²) in [5.41, 5.74) is 10.1. The minimum Gasteiger partial charge on any atom is -0.382 e. The van der Waals surface area contributed by atoms with Crippen molar-refractivity contribution in [3.63, 3.8) is 0 Å². The molecule has 4 N–H and O–H groups in total. The van der Waals surface area contributed by atoms with E-state index < -0.39 is 0 Å². The fourth-order valence-corrected chi connectivity index (χ4v) is 2.16. The fourth-order valence-electron chi connectivity index (χ4n) is 2.16. The van der Waals surface area contributed by atoms with E-state index in [1.807, 2.05) is 0 Å². The lowest BCUT2D eigenvalue weighted by Crippen LogP contribution is -2.24. The molecule has 102 valence electrons. The maximum Gasteiger partial charge on any atom is 0.150 e. The molecule has 0 aliphatic heterocycles. The lowest BCUT2D eigenvalue weighted by atomic mass is 9.96. The predicted molar refractivity (Wildman–Crippen MR) is 80.4 cm³/mol. The average Bonchev–Trinajstić information content (AvgIpc) is 2.59. The molecular weight excluding hydrogens is 236 g/mol. The average molecular weight is 258 g/mol. The van der Waals surface area contributed by atoms with Gasteiger partial charge in [-0.2, -0.15) is 0 Å². The molecule has 1 aromatic carbocycles. The highest BCUT2D eigenvalue weighted by Gasteiger charge is 2.25. The van der Waals surface area contributed by atoms with Crippen LogP contribution in [-0.2, 0) is 5.41 Å². The summed E-state index contributed by atoms with van der Waals surface area (Å²) in [7, 11) is 0. The molecule has 0 saturated heterocycles. The molecule has 1 heterocycles. The molecule has 0 spiro atoms. The smallest absolute Gasteiger partial charge is 0.150 e. The number of nitrogens with zero attached hydrogens (tertiary/aromatic N) is 2. The van der Waals surface area contributed by atoms with Crippen LogP contribution in [0.25, 0.3) is 11.3 Å². The number of aryl methyl sites for hydroxylation is 2. The minimum absolute atomic E-state index is 0.140. The Morgan fingerprint density at radius 2 is 1.79 bits per heavy atom. The Hall–Kier alpha value is -1.97. The first-order chi connectivity index (χ1) is 8.71. The van der Waals surface area contributed by atoms with E-state index in [0.717, 1.165) is 22.6 Å². The van der Waals surface area contributed by atoms with Crippen LogP contribution in [0, 0.1) is 13.8 Å². The molecule has 0 fully saturated rings. The van der Waals surface area contributed by atoms with Gasteiger partial charge in [0.25, 0.3) is 0 Å². The summed E-state index contributed by atoms with van der Waals surface area (Å²) < 4.78 is 1.50. The zero-order chi connectivity index (χ0) is 14.4. The van der Waals surface area contributed by atoms with Crippen molar-refractivity contribution in [2.75, 3.05) is 11.6 Å². The van der Waals surface area contributed by atoms with Gasteiger partial charge in [-0.15, -0.1) is 0 Å². The zero-order valence-electron chi connectivity index (χ0n) is 12.3. The van der Waals surface area contributed by atoms with Gasteiger partial charge in [0, 0.05) is 11.0 Å². The summed E-state index contributed by atoms with van der Waals surface area (Å²) in [5, 5.41) is 0. The summed E-state index contributed by atoms with van der Waals surface area (Å²) in [6, 6.07) is 6.26. The maximum atomic E-state index is 6.13. The van der Waals surface area contributed by atoms with Crippen LogP contribution < -0.4 is 11.6 Å². The molecule has 4 nitrogen and oxygen atoms in total. The third kappa shape index (κ3) is 2.30. The fraction of sp³-hybridized carbons (Fsp3) is 0.400. The Bertz CT molecular complexity index is 618. The molecule has 0 amide bonds. The normalized spacial score (nSPS) is 11.8. The molecule has 1 aromatic heterocycles. The van der Waals surface area contributed by atoms with Gasteiger partial charge < -0.3 is 11.6 Å². The molecule has 0 bridgehead atoms. The zero-order valence-corrected chi connectivity index (χ0v) is 12.3. The first-order valence-electron chi connectivity index (χ1n) is 6.43. The largest absolute Gasteiger partial charge is 0.382 e. The van der Waals surface area contributed by atoms with E-state index in [2.05, 4.69) is 57.8 Å². The van der Waals surface area contributed by atoms with Crippen LogP contribution in [0.3, 0.4) is 0 Å². The molecule has 4 heteroatoms. The van der Waals surface area contributed by atoms with Crippen molar-refractivity contribution in [1.29, 1.82) is 0 Å². The van der Waals surface area contributed by atoms with E-state index in [9.17, 15) is 0 Å². The SMILES string of the molecule is Cc1ccc(C)c(-c2nc(C(C)(C)C)n(N)c2N)c1. The Labute approximate surface area is 114 Å². The van der Waals surface area contributed by atoms with E-state index in [1.165, 1.54) is 10.2 Å². The van der Waals surface area contributed by atoms with E-state index in [0.29, 0.717) is 5.82 Å². The van der Waals surface area contributed by atoms with Crippen LogP contribution in [-0.4, -0.2) is 9.66 Å². The standard InChI is InChI=1S/C15H22N4/c1-9-6-7-10(2)11(8-9)12-13(16)19(17)14(18-12)15(3,4)5/h6-8H,16-17H2,1-5H3. The highest BCUT2D eigenvalue weighted by molar-refractivity contribution is 5.74. The molecule has 0 saturated carbocycles. The lowest BCUT2D eigenvalue weighted by Gasteiger charge is -2.17. The number of nitrogen functional groups attached to an aromatic ring is 2. The highest BCUT2D eigenvalue weighted by atomic mass is 15.4. The number of aromatic nitrogens is 2. The topological polar surface area (TPSA) is 69.9 Å². The van der Waals surface area contributed by atoms with Gasteiger partial charge in [0.05, 0.1) is 0 Å². The maximum absolute atomic E-state index is 6.13. The van der Waals surface area contributed by atoms with Crippen molar-refractivity contribution in [2.45, 2.75) is 40.0 Å². The van der Waals surface area contributed by atoms with Gasteiger partial charge in [-0.1, -0.05) is 38.5 Å². The predicted octanol–water partition coefficient (Wildman–Crippen LogP) is 2.76. The second-order valence-electron chi connectivity index (χ2n) is 6.11. The van der Waals surface area contributed by atoms with Crippen molar-refractivity contribution in [2.24, 2.45) is 0 Å². The number of benzene rings is 1.